The number of aromatic nitrogens is 4. The Balaban J connectivity index is 1.91. The minimum absolute atomic E-state index is 0.0765. The summed E-state index contributed by atoms with van der Waals surface area (Å²) < 4.78 is 41.7. The highest BCUT2D eigenvalue weighted by Gasteiger charge is 2.34. The van der Waals surface area contributed by atoms with Crippen LogP contribution in [0.4, 0.5) is 5.82 Å². The molecular weight excluding hydrogens is 548 g/mol. The van der Waals surface area contributed by atoms with Gasteiger partial charge in [-0.3, -0.25) is 9.78 Å². The molecule has 0 radical (unpaired) electrons. The predicted molar refractivity (Wildman–Crippen MR) is 170 cm³/mol. The molecule has 0 saturated carbocycles. The third-order valence-corrected chi connectivity index (χ3v) is 7.83. The molecule has 5 rings (SSSR count). The van der Waals surface area contributed by atoms with Crippen molar-refractivity contribution in [3.63, 3.8) is 0 Å². The van der Waals surface area contributed by atoms with Gasteiger partial charge in [0.1, 0.15) is 5.82 Å². The molecule has 1 saturated heterocycles. The maximum absolute atomic E-state index is 14.3. The summed E-state index contributed by atoms with van der Waals surface area (Å²) >= 11 is 6.96. The summed E-state index contributed by atoms with van der Waals surface area (Å²) in [5, 5.41) is 0.612. The van der Waals surface area contributed by atoms with Crippen LogP contribution in [0, 0.1) is 6.85 Å². The summed E-state index contributed by atoms with van der Waals surface area (Å²) in [4.78, 5) is 44.5. The van der Waals surface area contributed by atoms with Crippen molar-refractivity contribution in [3.05, 3.63) is 94.1 Å². The first-order valence-corrected chi connectivity index (χ1v) is 14.1. The first kappa shape index (κ1) is 23.3. The van der Waals surface area contributed by atoms with Gasteiger partial charge < -0.3 is 9.80 Å². The van der Waals surface area contributed by atoms with E-state index in [1.165, 1.54) is 29.0 Å². The second-order valence-electron chi connectivity index (χ2n) is 10.8. The molecule has 0 N–H and O–H groups in total. The Morgan fingerprint density at radius 2 is 1.93 bits per heavy atom. The third-order valence-electron chi connectivity index (χ3n) is 7.55. The number of fused-ring (bicyclic) bond motifs is 1. The molecule has 4 heterocycles. The van der Waals surface area contributed by atoms with Gasteiger partial charge in [-0.1, -0.05) is 68.9 Å². The molecular formula is C33H35ClN6O2. The normalized spacial score (nSPS) is 19.0. The molecule has 0 spiro atoms. The highest BCUT2D eigenvalue weighted by atomic mass is 35.5. The predicted octanol–water partition coefficient (Wildman–Crippen LogP) is 6.18. The fourth-order valence-corrected chi connectivity index (χ4v) is 5.96. The van der Waals surface area contributed by atoms with Crippen molar-refractivity contribution in [2.45, 2.75) is 52.5 Å². The van der Waals surface area contributed by atoms with Crippen molar-refractivity contribution in [2.24, 2.45) is 0 Å². The number of pyridine rings is 2. The van der Waals surface area contributed by atoms with Crippen molar-refractivity contribution in [1.29, 1.82) is 0 Å². The molecule has 8 nitrogen and oxygen atoms in total. The lowest BCUT2D eigenvalue weighted by Gasteiger charge is -2.45. The molecule has 2 atom stereocenters. The van der Waals surface area contributed by atoms with Gasteiger partial charge in [0.05, 0.1) is 30.2 Å². The van der Waals surface area contributed by atoms with Crippen molar-refractivity contribution in [1.82, 2.24) is 24.4 Å². The fourth-order valence-electron chi connectivity index (χ4n) is 5.71. The Hall–Kier alpha value is -4.30. The molecule has 1 aliphatic rings. The van der Waals surface area contributed by atoms with Crippen LogP contribution >= 0.6 is 11.6 Å². The number of benzene rings is 1. The Bertz CT molecular complexity index is 1960. The third kappa shape index (κ3) is 5.00. The van der Waals surface area contributed by atoms with Crippen molar-refractivity contribution in [3.8, 4) is 16.9 Å². The zero-order valence-electron chi connectivity index (χ0n) is 28.9. The zero-order chi connectivity index (χ0) is 34.4. The van der Waals surface area contributed by atoms with E-state index in [-0.39, 0.29) is 51.5 Å². The SMILES string of the molecule is [2H]C([2H])=Cc1ccccc1-c1nc2c(cc1Cl)c(N1[C@@H](C)CN(C(=O)C=C)C[C@@H]1C)nc(=O)n2-c1c(C([2H])([2H])[2H])ccnc1C(C)C. The van der Waals surface area contributed by atoms with E-state index in [1.807, 2.05) is 32.6 Å². The molecule has 0 unspecified atom stereocenters. The lowest BCUT2D eigenvalue weighted by molar-refractivity contribution is -0.127. The van der Waals surface area contributed by atoms with Crippen LogP contribution in [-0.4, -0.2) is 55.5 Å². The van der Waals surface area contributed by atoms with Crippen molar-refractivity contribution in [2.75, 3.05) is 18.0 Å². The van der Waals surface area contributed by atoms with Gasteiger partial charge in [0.25, 0.3) is 0 Å². The summed E-state index contributed by atoms with van der Waals surface area (Å²) in [5.74, 6) is -0.169. The Kier molecular flexibility index (Phi) is 6.39. The maximum Gasteiger partial charge on any atom is 0.355 e. The van der Waals surface area contributed by atoms with Crippen LogP contribution in [0.15, 0.2) is 66.6 Å². The van der Waals surface area contributed by atoms with Gasteiger partial charge in [0.15, 0.2) is 5.65 Å². The number of aryl methyl sites for hydroxylation is 1. The summed E-state index contributed by atoms with van der Waals surface area (Å²) in [6.07, 6.45) is 4.05. The molecule has 1 amide bonds. The van der Waals surface area contributed by atoms with Crippen LogP contribution in [-0.2, 0) is 4.79 Å². The highest BCUT2D eigenvalue weighted by molar-refractivity contribution is 6.34. The smallest absolute Gasteiger partial charge is 0.347 e. The summed E-state index contributed by atoms with van der Waals surface area (Å²) in [5.41, 5.74) is 1.02. The lowest BCUT2D eigenvalue weighted by Crippen LogP contribution is -2.58. The largest absolute Gasteiger partial charge is 0.355 e. The lowest BCUT2D eigenvalue weighted by atomic mass is 10.0. The van der Waals surface area contributed by atoms with E-state index in [0.29, 0.717) is 41.1 Å². The van der Waals surface area contributed by atoms with Crippen LogP contribution in [0.2, 0.25) is 5.02 Å². The number of carbonyl (C=O) groups excluding carboxylic acids is 1. The summed E-state index contributed by atoms with van der Waals surface area (Å²) in [6.45, 7) is 8.85. The van der Waals surface area contributed by atoms with E-state index < -0.39 is 19.1 Å². The molecule has 9 heteroatoms. The quantitative estimate of drug-likeness (QED) is 0.250. The maximum atomic E-state index is 14.3. The number of anilines is 1. The van der Waals surface area contributed by atoms with Crippen LogP contribution in [0.5, 0.6) is 0 Å². The van der Waals surface area contributed by atoms with Gasteiger partial charge in [0.2, 0.25) is 5.91 Å². The standard InChI is InChI=1S/C33H35ClN6O2/c1-8-23-12-10-11-13-24(23)29-26(34)16-25-31(36-29)40(30-20(5)14-15-35-28(30)19(3)4)33(42)37-32(25)39-21(6)17-38(18-22(39)7)27(41)9-2/h8-16,19,21-22H,1-2,17-18H2,3-7H3/t21-,22-/m0/s1/i1D2,5D3. The van der Waals surface area contributed by atoms with E-state index in [1.54, 1.807) is 35.2 Å². The van der Waals surface area contributed by atoms with E-state index in [4.69, 9.17) is 23.4 Å². The Labute approximate surface area is 258 Å². The van der Waals surface area contributed by atoms with Gasteiger partial charge in [0, 0.05) is 41.0 Å². The first-order chi connectivity index (χ1) is 22.1. The minimum atomic E-state index is -2.60. The summed E-state index contributed by atoms with van der Waals surface area (Å²) in [6, 6.07) is 9.49. The van der Waals surface area contributed by atoms with E-state index >= 15 is 0 Å². The molecule has 216 valence electrons. The van der Waals surface area contributed by atoms with Gasteiger partial charge in [-0.05, 0) is 56.0 Å². The second kappa shape index (κ2) is 11.5. The molecule has 3 aromatic heterocycles. The number of halogens is 1. The van der Waals surface area contributed by atoms with Crippen molar-refractivity contribution < 1.29 is 11.6 Å². The van der Waals surface area contributed by atoms with E-state index in [2.05, 4.69) is 16.5 Å². The monoisotopic (exact) mass is 587 g/mol. The first-order valence-electron chi connectivity index (χ1n) is 16.2. The van der Waals surface area contributed by atoms with Gasteiger partial charge >= 0.3 is 5.69 Å². The Morgan fingerprint density at radius 1 is 1.19 bits per heavy atom. The van der Waals surface area contributed by atoms with Crippen LogP contribution in [0.25, 0.3) is 34.1 Å². The van der Waals surface area contributed by atoms with Gasteiger partial charge in [-0.15, -0.1) is 0 Å². The molecule has 0 aliphatic carbocycles. The van der Waals surface area contributed by atoms with Crippen LogP contribution < -0.4 is 10.6 Å². The van der Waals surface area contributed by atoms with E-state index in [9.17, 15) is 9.59 Å². The second-order valence-corrected chi connectivity index (χ2v) is 11.2. The number of amides is 1. The number of hydrogen-bond donors (Lipinski definition) is 0. The minimum Gasteiger partial charge on any atom is -0.347 e. The summed E-state index contributed by atoms with van der Waals surface area (Å²) in [7, 11) is 0. The van der Waals surface area contributed by atoms with Gasteiger partial charge in [-0.2, -0.15) is 4.98 Å². The van der Waals surface area contributed by atoms with Crippen molar-refractivity contribution >= 4 is 40.4 Å². The highest BCUT2D eigenvalue weighted by Crippen LogP contribution is 2.37. The molecule has 1 aliphatic heterocycles. The average Bonchev–Trinajstić information content (AvgIpc) is 2.99. The molecule has 1 fully saturated rings. The fraction of sp³-hybridized carbons (Fsp3) is 0.303. The number of nitrogens with zero attached hydrogens (tertiary/aromatic N) is 6. The number of carbonyl (C=O) groups is 1. The zero-order valence-corrected chi connectivity index (χ0v) is 24.7. The number of rotatable bonds is 6. The number of hydrogen-bond acceptors (Lipinski definition) is 6. The van der Waals surface area contributed by atoms with Crippen LogP contribution in [0.3, 0.4) is 0 Å². The van der Waals surface area contributed by atoms with Gasteiger partial charge in [-0.25, -0.2) is 14.3 Å². The average molecular weight is 588 g/mol. The Morgan fingerprint density at radius 3 is 2.60 bits per heavy atom. The molecule has 0 bridgehead atoms. The topological polar surface area (TPSA) is 84.2 Å². The molecule has 4 aromatic rings. The molecule has 1 aromatic carbocycles. The number of piperazine rings is 1. The van der Waals surface area contributed by atoms with Crippen LogP contribution in [0.1, 0.15) is 57.3 Å². The van der Waals surface area contributed by atoms with E-state index in [0.717, 1.165) is 0 Å². The molecule has 42 heavy (non-hydrogen) atoms.